The SMILES string of the molecule is c1ccc(-c2cccc(-c3ccc(N(c4ccc(-c5cccc(-c6ccccc6-n6c7ccccc7c7cc(-c8ccc(-c9cccc(-c%10ccccc%10N(c%10ccc(-c%11cccc(-c%12ccccc%12-n%12c%13ccccc%13c%13ccccc%13%12)c%11)cc%10)c%10ccc(-c%11ccccc%11-c%11cccc%12c%11oc%11ccccc%11%12)cc%10)c9)cc8)ccc76)c5)cc4)c4ccc(-c5ccccc5-c5cccc6c5oc5ccccc56)cc4)cc3)c2)cc1. The average Bonchev–Trinajstić information content (AvgIpc) is 1.59. The van der Waals surface area contributed by atoms with E-state index in [2.05, 4.69) is 577 Å². The van der Waals surface area contributed by atoms with Crippen molar-refractivity contribution in [2.24, 2.45) is 0 Å². The number of anilines is 6. The van der Waals surface area contributed by atoms with E-state index in [1.54, 1.807) is 0 Å². The highest BCUT2D eigenvalue weighted by atomic mass is 16.3. The van der Waals surface area contributed by atoms with Crippen molar-refractivity contribution in [1.29, 1.82) is 0 Å². The molecule has 0 saturated carbocycles. The number of aromatic nitrogens is 2. The Labute approximate surface area is 869 Å². The van der Waals surface area contributed by atoms with Gasteiger partial charge in [-0.15, -0.1) is 0 Å². The molecule has 6 heteroatoms. The molecule has 0 spiro atoms. The van der Waals surface area contributed by atoms with Crippen LogP contribution in [-0.4, -0.2) is 9.13 Å². The summed E-state index contributed by atoms with van der Waals surface area (Å²) in [5.74, 6) is 0. The maximum Gasteiger partial charge on any atom is 0.143 e. The summed E-state index contributed by atoms with van der Waals surface area (Å²) >= 11 is 0. The van der Waals surface area contributed by atoms with E-state index in [1.165, 1.54) is 49.3 Å². The van der Waals surface area contributed by atoms with Gasteiger partial charge in [-0.1, -0.05) is 425 Å². The minimum Gasteiger partial charge on any atom is -0.455 e. The second kappa shape index (κ2) is 37.4. The van der Waals surface area contributed by atoms with Crippen LogP contribution in [0.1, 0.15) is 0 Å². The van der Waals surface area contributed by atoms with Crippen molar-refractivity contribution in [2.75, 3.05) is 9.80 Å². The summed E-state index contributed by atoms with van der Waals surface area (Å²) in [5.41, 5.74) is 46.0. The van der Waals surface area contributed by atoms with Gasteiger partial charge in [-0.2, -0.15) is 0 Å². The highest BCUT2D eigenvalue weighted by molar-refractivity contribution is 6.15. The lowest BCUT2D eigenvalue weighted by atomic mass is 9.93. The van der Waals surface area contributed by atoms with Crippen LogP contribution in [0.25, 0.3) is 244 Å². The first-order chi connectivity index (χ1) is 74.4. The predicted molar refractivity (Wildman–Crippen MR) is 630 cm³/mol. The summed E-state index contributed by atoms with van der Waals surface area (Å²) in [6.45, 7) is 0. The number of para-hydroxylation sites is 10. The molecule has 24 aromatic carbocycles. The lowest BCUT2D eigenvalue weighted by Gasteiger charge is -2.28. The van der Waals surface area contributed by atoms with Crippen molar-refractivity contribution in [1.82, 2.24) is 9.13 Å². The standard InChI is InChI=1S/C144H94N4O2/c1-2-30-95(31-3-1)103-32-24-33-104(90-103)98-68-79-112(80-69-98)145(114-85-74-101(75-86-114)117-40-4-6-45-122(117)129-52-28-54-131-127-50-14-22-62-141(127)149-143(129)131)113-81-70-99(71-82-113)106-35-26-39-111(92-106)121-44-10-18-58-136(121)148-139-61-21-13-49-126(139)133-94-108(78-89-140(133)148)97-66-64-96(65-67-97)105-34-25-37-109(91-105)119-42-8-16-56-134(119)146(116-87-76-102(77-88-116)118-41-5-7-46-123(118)130-53-29-55-132-128-51-15-23-63-142(128)150-144(130)132)115-83-72-100(73-84-115)107-36-27-38-110(93-107)120-43-9-17-57-135(120)147-137-59-19-11-47-124(137)125-48-12-20-60-138(125)147/h1-94H. The number of nitrogens with zero attached hydrogens (tertiary/aromatic N) is 4. The normalized spacial score (nSPS) is 11.6. The van der Waals surface area contributed by atoms with E-state index in [-0.39, 0.29) is 0 Å². The average molecular weight is 1910 g/mol. The van der Waals surface area contributed by atoms with Gasteiger partial charge in [0.25, 0.3) is 0 Å². The maximum absolute atomic E-state index is 6.68. The molecule has 28 aromatic rings. The second-order valence-electron chi connectivity index (χ2n) is 38.8. The van der Waals surface area contributed by atoms with Gasteiger partial charge in [-0.3, -0.25) is 0 Å². The summed E-state index contributed by atoms with van der Waals surface area (Å²) in [4.78, 5) is 4.79. The maximum atomic E-state index is 6.68. The van der Waals surface area contributed by atoms with E-state index in [0.717, 1.165) is 228 Å². The number of fused-ring (bicyclic) bond motifs is 12. The van der Waals surface area contributed by atoms with E-state index in [1.807, 2.05) is 12.1 Å². The first kappa shape index (κ1) is 87.8. The Bertz CT molecular complexity index is 10000. The number of hydrogen-bond donors (Lipinski definition) is 0. The molecule has 0 aliphatic heterocycles. The molecule has 0 N–H and O–H groups in total. The van der Waals surface area contributed by atoms with E-state index in [9.17, 15) is 0 Å². The summed E-state index contributed by atoms with van der Waals surface area (Å²) in [6.07, 6.45) is 0. The molecule has 0 bridgehead atoms. The number of furan rings is 2. The Morgan fingerprint density at radius 2 is 0.387 bits per heavy atom. The Hall–Kier alpha value is -19.9. The van der Waals surface area contributed by atoms with Crippen LogP contribution in [0.4, 0.5) is 34.1 Å². The molecule has 702 valence electrons. The Kier molecular flexibility index (Phi) is 21.9. The smallest absolute Gasteiger partial charge is 0.143 e. The molecular formula is C144H94N4O2. The van der Waals surface area contributed by atoms with Gasteiger partial charge < -0.3 is 27.8 Å². The van der Waals surface area contributed by atoms with Crippen LogP contribution in [-0.2, 0) is 0 Å². The van der Waals surface area contributed by atoms with Gasteiger partial charge in [-0.05, 0) is 262 Å². The molecule has 0 saturated heterocycles. The molecule has 4 heterocycles. The van der Waals surface area contributed by atoms with Crippen LogP contribution in [0.3, 0.4) is 0 Å². The quantitative estimate of drug-likeness (QED) is 0.0719. The van der Waals surface area contributed by atoms with Crippen molar-refractivity contribution in [3.05, 3.63) is 570 Å². The predicted octanol–water partition coefficient (Wildman–Crippen LogP) is 40.3. The van der Waals surface area contributed by atoms with Gasteiger partial charge in [-0.25, -0.2) is 0 Å². The van der Waals surface area contributed by atoms with Gasteiger partial charge in [0.15, 0.2) is 0 Å². The van der Waals surface area contributed by atoms with E-state index in [4.69, 9.17) is 8.83 Å². The third kappa shape index (κ3) is 15.7. The molecule has 6 nitrogen and oxygen atoms in total. The fourth-order valence-corrected chi connectivity index (χ4v) is 23.0. The first-order valence-corrected chi connectivity index (χ1v) is 51.4. The lowest BCUT2D eigenvalue weighted by molar-refractivity contribution is 0.669. The molecule has 0 aliphatic rings. The number of benzene rings is 24. The van der Waals surface area contributed by atoms with Crippen molar-refractivity contribution in [2.45, 2.75) is 0 Å². The number of hydrogen-bond acceptors (Lipinski definition) is 4. The van der Waals surface area contributed by atoms with Crippen LogP contribution in [0.15, 0.2) is 579 Å². The fraction of sp³-hybridized carbons (Fsp3) is 0. The summed E-state index contributed by atoms with van der Waals surface area (Å²) in [5, 5.41) is 9.31. The molecule has 150 heavy (non-hydrogen) atoms. The molecule has 0 atom stereocenters. The van der Waals surface area contributed by atoms with Crippen molar-refractivity contribution < 1.29 is 8.83 Å². The number of rotatable bonds is 21. The third-order valence-electron chi connectivity index (χ3n) is 30.2. The molecular weight excluding hydrogens is 1820 g/mol. The lowest BCUT2D eigenvalue weighted by Crippen LogP contribution is -2.11. The first-order valence-electron chi connectivity index (χ1n) is 51.4. The topological polar surface area (TPSA) is 42.6 Å². The minimum atomic E-state index is 0.881. The molecule has 0 aliphatic carbocycles. The summed E-state index contributed by atoms with van der Waals surface area (Å²) < 4.78 is 18.2. The summed E-state index contributed by atoms with van der Waals surface area (Å²) in [6, 6.07) is 208. The van der Waals surface area contributed by atoms with Crippen molar-refractivity contribution in [3.8, 4) is 156 Å². The van der Waals surface area contributed by atoms with Gasteiger partial charge >= 0.3 is 0 Å². The van der Waals surface area contributed by atoms with E-state index in [0.29, 0.717) is 0 Å². The van der Waals surface area contributed by atoms with E-state index < -0.39 is 0 Å². The van der Waals surface area contributed by atoms with Crippen LogP contribution in [0.5, 0.6) is 0 Å². The molecule has 28 rings (SSSR count). The van der Waals surface area contributed by atoms with Gasteiger partial charge in [0, 0.05) is 99.3 Å². The largest absolute Gasteiger partial charge is 0.455 e. The van der Waals surface area contributed by atoms with Crippen LogP contribution in [0, 0.1) is 0 Å². The fourth-order valence-electron chi connectivity index (χ4n) is 23.0. The van der Waals surface area contributed by atoms with Crippen LogP contribution in [0.2, 0.25) is 0 Å². The zero-order valence-corrected chi connectivity index (χ0v) is 81.9. The highest BCUT2D eigenvalue weighted by Gasteiger charge is 2.27. The Morgan fingerprint density at radius 1 is 0.133 bits per heavy atom. The van der Waals surface area contributed by atoms with Crippen molar-refractivity contribution in [3.63, 3.8) is 0 Å². The molecule has 0 radical (unpaired) electrons. The van der Waals surface area contributed by atoms with Gasteiger partial charge in [0.05, 0.1) is 39.1 Å². The zero-order chi connectivity index (χ0) is 99.1. The Balaban J connectivity index is 0.476. The summed E-state index contributed by atoms with van der Waals surface area (Å²) in [7, 11) is 0. The van der Waals surface area contributed by atoms with Crippen LogP contribution < -0.4 is 9.80 Å². The highest BCUT2D eigenvalue weighted by Crippen LogP contribution is 2.50. The molecule has 0 fully saturated rings. The third-order valence-corrected chi connectivity index (χ3v) is 30.2. The zero-order valence-electron chi connectivity index (χ0n) is 81.9. The van der Waals surface area contributed by atoms with Crippen LogP contribution >= 0.6 is 0 Å². The monoisotopic (exact) mass is 1910 g/mol. The Morgan fingerprint density at radius 3 is 0.807 bits per heavy atom. The van der Waals surface area contributed by atoms with Crippen molar-refractivity contribution >= 4 is 122 Å². The van der Waals surface area contributed by atoms with E-state index >= 15 is 0 Å². The van der Waals surface area contributed by atoms with Gasteiger partial charge in [0.2, 0.25) is 0 Å². The molecule has 0 amide bonds. The molecule has 4 aromatic heterocycles. The molecule has 0 unspecified atom stereocenters. The van der Waals surface area contributed by atoms with Gasteiger partial charge in [0.1, 0.15) is 22.3 Å². The minimum absolute atomic E-state index is 0.881. The second-order valence-corrected chi connectivity index (χ2v) is 38.8.